The molecule has 1 atom stereocenters. The molecule has 5 nitrogen and oxygen atoms in total. The van der Waals surface area contributed by atoms with Crippen LogP contribution in [0.3, 0.4) is 0 Å². The van der Waals surface area contributed by atoms with Gasteiger partial charge in [-0.1, -0.05) is 12.1 Å². The zero-order valence-corrected chi connectivity index (χ0v) is 15.6. The zero-order valence-electron chi connectivity index (χ0n) is 15.6. The molecule has 1 unspecified atom stereocenters. The number of carbonyl (C=O) groups excluding carboxylic acids is 1. The molecule has 1 aliphatic carbocycles. The number of rotatable bonds is 7. The normalized spacial score (nSPS) is 21.0. The quantitative estimate of drug-likeness (QED) is 0.791. The van der Waals surface area contributed by atoms with Gasteiger partial charge in [0.15, 0.2) is 0 Å². The minimum absolute atomic E-state index is 0.140. The maximum Gasteiger partial charge on any atom is 0.221 e. The van der Waals surface area contributed by atoms with Crippen molar-refractivity contribution in [3.05, 3.63) is 29.8 Å². The lowest BCUT2D eigenvalue weighted by Crippen LogP contribution is -2.54. The van der Waals surface area contributed by atoms with Gasteiger partial charge in [-0.05, 0) is 50.3 Å². The molecule has 3 rings (SSSR count). The minimum Gasteiger partial charge on any atom is -0.369 e. The molecule has 2 fully saturated rings. The topological polar surface area (TPSA) is 61.6 Å². The number of benzene rings is 1. The Morgan fingerprint density at radius 3 is 2.60 bits per heavy atom. The van der Waals surface area contributed by atoms with E-state index in [1.807, 2.05) is 0 Å². The van der Waals surface area contributed by atoms with Crippen LogP contribution in [0, 0.1) is 12.8 Å². The number of anilines is 1. The Kier molecular flexibility index (Phi) is 5.64. The lowest BCUT2D eigenvalue weighted by Gasteiger charge is -2.36. The fourth-order valence-electron chi connectivity index (χ4n) is 3.74. The molecular weight excluding hydrogens is 312 g/mol. The molecule has 1 aromatic rings. The number of piperazine rings is 1. The van der Waals surface area contributed by atoms with E-state index in [1.54, 1.807) is 0 Å². The second-order valence-electron chi connectivity index (χ2n) is 7.86. The maximum absolute atomic E-state index is 12.3. The Morgan fingerprint density at radius 2 is 2.00 bits per heavy atom. The molecule has 138 valence electrons. The molecule has 1 saturated heterocycles. The molecule has 0 spiro atoms. The van der Waals surface area contributed by atoms with Gasteiger partial charge in [-0.15, -0.1) is 0 Å². The smallest absolute Gasteiger partial charge is 0.221 e. The first kappa shape index (κ1) is 18.2. The van der Waals surface area contributed by atoms with Gasteiger partial charge in [-0.25, -0.2) is 0 Å². The van der Waals surface area contributed by atoms with Gasteiger partial charge in [-0.2, -0.15) is 0 Å². The van der Waals surface area contributed by atoms with E-state index in [0.717, 1.165) is 32.7 Å². The van der Waals surface area contributed by atoms with E-state index in [1.165, 1.54) is 24.1 Å². The summed E-state index contributed by atoms with van der Waals surface area (Å²) < 4.78 is 0. The van der Waals surface area contributed by atoms with Crippen LogP contribution >= 0.6 is 0 Å². The molecule has 0 bridgehead atoms. The van der Waals surface area contributed by atoms with Gasteiger partial charge in [0.25, 0.3) is 0 Å². The Bertz CT molecular complexity index is 593. The predicted octanol–water partition coefficient (Wildman–Crippen LogP) is 1.75. The summed E-state index contributed by atoms with van der Waals surface area (Å²) >= 11 is 0. The first-order valence-electron chi connectivity index (χ1n) is 9.55. The number of amides is 1. The molecule has 1 heterocycles. The van der Waals surface area contributed by atoms with Crippen molar-refractivity contribution in [1.82, 2.24) is 10.2 Å². The Morgan fingerprint density at radius 1 is 1.28 bits per heavy atom. The summed E-state index contributed by atoms with van der Waals surface area (Å²) in [7, 11) is 0. The van der Waals surface area contributed by atoms with E-state index in [-0.39, 0.29) is 11.4 Å². The molecule has 1 aliphatic heterocycles. The van der Waals surface area contributed by atoms with Crippen LogP contribution in [0.5, 0.6) is 0 Å². The van der Waals surface area contributed by atoms with Crippen molar-refractivity contribution in [2.75, 3.05) is 44.2 Å². The molecule has 1 aromatic carbocycles. The maximum atomic E-state index is 12.3. The molecule has 3 N–H and O–H groups in total. The molecule has 5 heteroatoms. The molecule has 0 aromatic heterocycles. The van der Waals surface area contributed by atoms with Crippen molar-refractivity contribution in [2.24, 2.45) is 11.7 Å². The zero-order chi connectivity index (χ0) is 17.9. The van der Waals surface area contributed by atoms with E-state index in [0.29, 0.717) is 18.9 Å². The van der Waals surface area contributed by atoms with Crippen molar-refractivity contribution in [2.45, 2.75) is 38.6 Å². The van der Waals surface area contributed by atoms with Crippen molar-refractivity contribution in [1.29, 1.82) is 0 Å². The van der Waals surface area contributed by atoms with Crippen LogP contribution in [-0.2, 0) is 4.79 Å². The fourth-order valence-corrected chi connectivity index (χ4v) is 3.74. The molecular formula is C20H32N4O. The predicted molar refractivity (Wildman–Crippen MR) is 103 cm³/mol. The average molecular weight is 345 g/mol. The number of hydrogen-bond donors (Lipinski definition) is 2. The summed E-state index contributed by atoms with van der Waals surface area (Å²) in [5.41, 5.74) is 8.29. The van der Waals surface area contributed by atoms with Crippen LogP contribution in [0.1, 0.15) is 31.7 Å². The third-order valence-corrected chi connectivity index (χ3v) is 5.72. The van der Waals surface area contributed by atoms with Crippen LogP contribution in [0.25, 0.3) is 0 Å². The standard InChI is InChI=1S/C20H32N4O/c1-16-4-3-5-18(14-16)24-12-10-23(11-13-24)9-8-19(25)22-20(2,15-21)17-6-7-17/h3-5,14,17H,6-13,15,21H2,1-2H3,(H,22,25). The van der Waals surface area contributed by atoms with Crippen molar-refractivity contribution in [3.63, 3.8) is 0 Å². The van der Waals surface area contributed by atoms with E-state index >= 15 is 0 Å². The van der Waals surface area contributed by atoms with Gasteiger partial charge in [0.2, 0.25) is 5.91 Å². The second-order valence-corrected chi connectivity index (χ2v) is 7.86. The van der Waals surface area contributed by atoms with Gasteiger partial charge in [0, 0.05) is 51.4 Å². The van der Waals surface area contributed by atoms with E-state index in [4.69, 9.17) is 5.73 Å². The van der Waals surface area contributed by atoms with E-state index < -0.39 is 0 Å². The van der Waals surface area contributed by atoms with Crippen LogP contribution in [-0.4, -0.2) is 55.6 Å². The summed E-state index contributed by atoms with van der Waals surface area (Å²) in [5, 5.41) is 3.18. The first-order chi connectivity index (χ1) is 12.0. The Labute approximate surface area is 151 Å². The number of nitrogens with one attached hydrogen (secondary N) is 1. The van der Waals surface area contributed by atoms with Gasteiger partial charge >= 0.3 is 0 Å². The monoisotopic (exact) mass is 344 g/mol. The largest absolute Gasteiger partial charge is 0.369 e. The lowest BCUT2D eigenvalue weighted by atomic mass is 9.96. The van der Waals surface area contributed by atoms with Crippen molar-refractivity contribution in [3.8, 4) is 0 Å². The first-order valence-corrected chi connectivity index (χ1v) is 9.55. The molecule has 1 saturated carbocycles. The van der Waals surface area contributed by atoms with Crippen LogP contribution < -0.4 is 16.0 Å². The third kappa shape index (κ3) is 4.73. The number of nitrogens with two attached hydrogens (primary N) is 1. The number of hydrogen-bond acceptors (Lipinski definition) is 4. The van der Waals surface area contributed by atoms with E-state index in [9.17, 15) is 4.79 Å². The fraction of sp³-hybridized carbons (Fsp3) is 0.650. The minimum atomic E-state index is -0.207. The molecule has 0 radical (unpaired) electrons. The van der Waals surface area contributed by atoms with Gasteiger partial charge in [0.05, 0.1) is 5.54 Å². The highest BCUT2D eigenvalue weighted by Crippen LogP contribution is 2.38. The summed E-state index contributed by atoms with van der Waals surface area (Å²) in [4.78, 5) is 17.1. The summed E-state index contributed by atoms with van der Waals surface area (Å²) in [6.07, 6.45) is 2.94. The summed E-state index contributed by atoms with van der Waals surface area (Å²) in [6.45, 7) is 9.65. The lowest BCUT2D eigenvalue weighted by molar-refractivity contribution is -0.123. The van der Waals surface area contributed by atoms with E-state index in [2.05, 4.69) is 53.2 Å². The van der Waals surface area contributed by atoms with Crippen LogP contribution in [0.4, 0.5) is 5.69 Å². The molecule has 25 heavy (non-hydrogen) atoms. The van der Waals surface area contributed by atoms with Gasteiger partial charge in [0.1, 0.15) is 0 Å². The number of nitrogens with zero attached hydrogens (tertiary/aromatic N) is 2. The van der Waals surface area contributed by atoms with Gasteiger partial charge in [-0.3, -0.25) is 9.69 Å². The van der Waals surface area contributed by atoms with Crippen molar-refractivity contribution < 1.29 is 4.79 Å². The highest BCUT2D eigenvalue weighted by Gasteiger charge is 2.41. The molecule has 1 amide bonds. The highest BCUT2D eigenvalue weighted by molar-refractivity contribution is 5.77. The highest BCUT2D eigenvalue weighted by atomic mass is 16.1. The van der Waals surface area contributed by atoms with Crippen LogP contribution in [0.2, 0.25) is 0 Å². The van der Waals surface area contributed by atoms with Crippen molar-refractivity contribution >= 4 is 11.6 Å². The van der Waals surface area contributed by atoms with Gasteiger partial charge < -0.3 is 16.0 Å². The second kappa shape index (κ2) is 7.75. The Hall–Kier alpha value is -1.59. The summed E-state index contributed by atoms with van der Waals surface area (Å²) in [6, 6.07) is 8.68. The number of carbonyl (C=O) groups is 1. The SMILES string of the molecule is Cc1cccc(N2CCN(CCC(=O)NC(C)(CN)C3CC3)CC2)c1. The molecule has 2 aliphatic rings. The third-order valence-electron chi connectivity index (χ3n) is 5.72. The average Bonchev–Trinajstić information content (AvgIpc) is 3.46. The number of aryl methyl sites for hydroxylation is 1. The Balaban J connectivity index is 1.41. The van der Waals surface area contributed by atoms with Crippen LogP contribution in [0.15, 0.2) is 24.3 Å². The summed E-state index contributed by atoms with van der Waals surface area (Å²) in [5.74, 6) is 0.709.